The first-order valence-electron chi connectivity index (χ1n) is 6.69. The minimum absolute atomic E-state index is 0.122. The van der Waals surface area contributed by atoms with Gasteiger partial charge in [-0.15, -0.1) is 0 Å². The number of alkyl halides is 1. The highest BCUT2D eigenvalue weighted by molar-refractivity contribution is 5.81. The molecule has 7 N–H and O–H groups in total. The monoisotopic (exact) mass is 309 g/mol. The van der Waals surface area contributed by atoms with E-state index in [0.717, 1.165) is 0 Å². The van der Waals surface area contributed by atoms with Gasteiger partial charge >= 0.3 is 0 Å². The number of nitrogens with two attached hydrogens (primary N) is 2. The first kappa shape index (κ1) is 18.2. The summed E-state index contributed by atoms with van der Waals surface area (Å²) in [4.78, 5) is 11.8. The van der Waals surface area contributed by atoms with Gasteiger partial charge in [-0.2, -0.15) is 0 Å². The molecule has 7 atom stereocenters. The van der Waals surface area contributed by atoms with Crippen LogP contribution in [0.3, 0.4) is 0 Å². The molecule has 8 nitrogen and oxygen atoms in total. The van der Waals surface area contributed by atoms with E-state index in [1.54, 1.807) is 0 Å². The first-order chi connectivity index (χ1) is 9.87. The molecule has 0 aromatic rings. The number of nitrogens with one attached hydrogen (secondary N) is 1. The van der Waals surface area contributed by atoms with Crippen LogP contribution in [0.5, 0.6) is 0 Å². The fourth-order valence-electron chi connectivity index (χ4n) is 2.49. The first-order valence-corrected chi connectivity index (χ1v) is 6.69. The van der Waals surface area contributed by atoms with E-state index < -0.39 is 48.6 Å². The Bertz CT molecular complexity index is 349. The Hall–Kier alpha value is -0.840. The maximum absolute atomic E-state index is 14.4. The number of hydrogen-bond acceptors (Lipinski definition) is 7. The molecule has 1 amide bonds. The quantitative estimate of drug-likeness (QED) is 0.358. The molecule has 0 aromatic heterocycles. The maximum Gasteiger partial charge on any atom is 0.251 e. The molecular weight excluding hydrogens is 285 g/mol. The van der Waals surface area contributed by atoms with E-state index in [4.69, 9.17) is 20.9 Å². The van der Waals surface area contributed by atoms with Crippen LogP contribution in [-0.2, 0) is 14.3 Å². The van der Waals surface area contributed by atoms with Crippen LogP contribution >= 0.6 is 0 Å². The number of methoxy groups -OCH3 is 2. The zero-order valence-corrected chi connectivity index (χ0v) is 12.1. The molecule has 124 valence electrons. The number of carbonyl (C=O) groups excluding carboxylic acids is 1. The van der Waals surface area contributed by atoms with Crippen LogP contribution in [0.15, 0.2) is 0 Å². The van der Waals surface area contributed by atoms with Crippen LogP contribution in [0, 0.1) is 0 Å². The summed E-state index contributed by atoms with van der Waals surface area (Å²) in [5, 5.41) is 21.2. The number of halogens is 1. The van der Waals surface area contributed by atoms with Crippen molar-refractivity contribution in [2.75, 3.05) is 20.8 Å². The number of carbonyl (C=O) groups is 1. The third-order valence-corrected chi connectivity index (χ3v) is 3.72. The van der Waals surface area contributed by atoms with Crippen molar-refractivity contribution in [1.82, 2.24) is 5.32 Å². The molecule has 0 spiro atoms. The van der Waals surface area contributed by atoms with E-state index in [9.17, 15) is 19.4 Å². The van der Waals surface area contributed by atoms with E-state index in [0.29, 0.717) is 0 Å². The number of aliphatic hydroxyl groups excluding tert-OH is 2. The van der Waals surface area contributed by atoms with Crippen LogP contribution in [0.2, 0.25) is 0 Å². The highest BCUT2D eigenvalue weighted by Gasteiger charge is 2.45. The number of aliphatic hydroxyl groups is 2. The summed E-state index contributed by atoms with van der Waals surface area (Å²) in [6, 6.07) is -1.47. The average Bonchev–Trinajstić information content (AvgIpc) is 2.48. The van der Waals surface area contributed by atoms with Gasteiger partial charge in [-0.1, -0.05) is 0 Å². The predicted molar refractivity (Wildman–Crippen MR) is 72.1 cm³/mol. The molecule has 1 rings (SSSR count). The Morgan fingerprint density at radius 3 is 2.43 bits per heavy atom. The second-order valence-electron chi connectivity index (χ2n) is 5.11. The van der Waals surface area contributed by atoms with Crippen molar-refractivity contribution >= 4 is 5.91 Å². The summed E-state index contributed by atoms with van der Waals surface area (Å²) in [6.07, 6.45) is -6.12. The lowest BCUT2D eigenvalue weighted by molar-refractivity contribution is -0.141. The molecule has 1 aliphatic carbocycles. The molecule has 0 saturated heterocycles. The minimum Gasteiger partial charge on any atom is -0.389 e. The normalized spacial score (nSPS) is 36.0. The zero-order chi connectivity index (χ0) is 16.2. The summed E-state index contributed by atoms with van der Waals surface area (Å²) in [7, 11) is 2.73. The van der Waals surface area contributed by atoms with E-state index in [1.165, 1.54) is 14.2 Å². The average molecular weight is 309 g/mol. The molecular formula is C12H24FN3O5. The molecule has 1 aliphatic rings. The molecule has 0 heterocycles. The van der Waals surface area contributed by atoms with Gasteiger partial charge in [0, 0.05) is 26.8 Å². The molecule has 9 heteroatoms. The van der Waals surface area contributed by atoms with Crippen molar-refractivity contribution in [3.8, 4) is 0 Å². The van der Waals surface area contributed by atoms with E-state index in [2.05, 4.69) is 5.32 Å². The van der Waals surface area contributed by atoms with Crippen LogP contribution in [-0.4, -0.2) is 79.6 Å². The highest BCUT2D eigenvalue weighted by atomic mass is 19.1. The van der Waals surface area contributed by atoms with E-state index >= 15 is 0 Å². The molecule has 0 aliphatic heterocycles. The molecule has 0 aromatic carbocycles. The Labute approximate surface area is 122 Å². The summed E-state index contributed by atoms with van der Waals surface area (Å²) in [5.41, 5.74) is 11.0. The topological polar surface area (TPSA) is 140 Å². The largest absolute Gasteiger partial charge is 0.389 e. The van der Waals surface area contributed by atoms with Crippen LogP contribution < -0.4 is 16.8 Å². The lowest BCUT2D eigenvalue weighted by Crippen LogP contribution is -2.63. The van der Waals surface area contributed by atoms with Crippen LogP contribution in [0.4, 0.5) is 4.39 Å². The van der Waals surface area contributed by atoms with Gasteiger partial charge in [0.1, 0.15) is 24.5 Å². The summed E-state index contributed by atoms with van der Waals surface area (Å²) >= 11 is 0. The van der Waals surface area contributed by atoms with Gasteiger partial charge in [0.2, 0.25) is 0 Å². The second kappa shape index (κ2) is 7.97. The second-order valence-corrected chi connectivity index (χ2v) is 5.11. The van der Waals surface area contributed by atoms with Gasteiger partial charge in [-0.25, -0.2) is 4.39 Å². The van der Waals surface area contributed by atoms with Crippen LogP contribution in [0.1, 0.15) is 6.42 Å². The number of rotatable bonds is 6. The Balaban J connectivity index is 2.73. The smallest absolute Gasteiger partial charge is 0.251 e. The van der Waals surface area contributed by atoms with Crippen molar-refractivity contribution in [1.29, 1.82) is 0 Å². The zero-order valence-electron chi connectivity index (χ0n) is 12.1. The van der Waals surface area contributed by atoms with Crippen molar-refractivity contribution < 1.29 is 28.9 Å². The fraction of sp³-hybridized carbons (Fsp3) is 0.917. The standard InChI is InChI=1S/C12H24FN3O5/c1-20-10-5(15)3-6(8(13)11(10)21-2)16-12(19)9(18)7(17)4-14/h5-11,17-18H,3-4,14-15H2,1-2H3,(H,16,19)/t5-,6+,7?,8?,9?,10+,11+/m0/s1. The number of hydrogen-bond donors (Lipinski definition) is 5. The third kappa shape index (κ3) is 4.09. The predicted octanol–water partition coefficient (Wildman–Crippen LogP) is -2.75. The number of ether oxygens (including phenoxy) is 2. The van der Waals surface area contributed by atoms with Gasteiger partial charge in [-0.05, 0) is 6.42 Å². The lowest BCUT2D eigenvalue weighted by atomic mass is 9.84. The summed E-state index contributed by atoms with van der Waals surface area (Å²) in [5.74, 6) is -0.904. The number of amides is 1. The third-order valence-electron chi connectivity index (χ3n) is 3.72. The van der Waals surface area contributed by atoms with Crippen molar-refractivity contribution in [3.05, 3.63) is 0 Å². The van der Waals surface area contributed by atoms with Crippen molar-refractivity contribution in [2.45, 2.75) is 49.1 Å². The maximum atomic E-state index is 14.4. The molecule has 0 bridgehead atoms. The van der Waals surface area contributed by atoms with Crippen LogP contribution in [0.25, 0.3) is 0 Å². The summed E-state index contributed by atoms with van der Waals surface area (Å²) in [6.45, 7) is -0.287. The lowest BCUT2D eigenvalue weighted by Gasteiger charge is -2.41. The van der Waals surface area contributed by atoms with E-state index in [-0.39, 0.29) is 13.0 Å². The molecule has 0 radical (unpaired) electrons. The van der Waals surface area contributed by atoms with Crippen molar-refractivity contribution in [3.63, 3.8) is 0 Å². The van der Waals surface area contributed by atoms with Crippen molar-refractivity contribution in [2.24, 2.45) is 11.5 Å². The van der Waals surface area contributed by atoms with Gasteiger partial charge in [-0.3, -0.25) is 4.79 Å². The van der Waals surface area contributed by atoms with Gasteiger partial charge < -0.3 is 36.5 Å². The Kier molecular flexibility index (Phi) is 6.91. The fourth-order valence-corrected chi connectivity index (χ4v) is 2.49. The molecule has 21 heavy (non-hydrogen) atoms. The van der Waals surface area contributed by atoms with Gasteiger partial charge in [0.15, 0.2) is 6.10 Å². The van der Waals surface area contributed by atoms with E-state index in [1.807, 2.05) is 0 Å². The highest BCUT2D eigenvalue weighted by Crippen LogP contribution is 2.26. The van der Waals surface area contributed by atoms with Gasteiger partial charge in [0.25, 0.3) is 5.91 Å². The Morgan fingerprint density at radius 2 is 1.95 bits per heavy atom. The minimum atomic E-state index is -1.72. The summed E-state index contributed by atoms with van der Waals surface area (Å²) < 4.78 is 24.6. The van der Waals surface area contributed by atoms with Gasteiger partial charge in [0.05, 0.1) is 6.04 Å². The molecule has 1 fully saturated rings. The molecule has 1 saturated carbocycles. The molecule has 3 unspecified atom stereocenters. The SMILES string of the molecule is CO[C@H]1[C@H](OC)C(F)[C@H](NC(=O)C(O)C(O)CN)C[C@@H]1N. The Morgan fingerprint density at radius 1 is 1.38 bits per heavy atom.